The van der Waals surface area contributed by atoms with Crippen molar-refractivity contribution in [2.24, 2.45) is 7.05 Å². The molecule has 1 aromatic carbocycles. The minimum atomic E-state index is -0.102. The molecule has 1 atom stereocenters. The third-order valence-electron chi connectivity index (χ3n) is 4.89. The molecular formula is C22H22N6O2. The first-order valence-corrected chi connectivity index (χ1v) is 9.55. The number of aromatic nitrogens is 6. The summed E-state index contributed by atoms with van der Waals surface area (Å²) in [6, 6.07) is 9.36. The van der Waals surface area contributed by atoms with Crippen LogP contribution in [0.5, 0.6) is 0 Å². The van der Waals surface area contributed by atoms with E-state index < -0.39 is 0 Å². The molecule has 0 aliphatic heterocycles. The van der Waals surface area contributed by atoms with Crippen LogP contribution in [0.4, 0.5) is 0 Å². The molecule has 152 valence electrons. The summed E-state index contributed by atoms with van der Waals surface area (Å²) in [4.78, 5) is 21.3. The van der Waals surface area contributed by atoms with Crippen LogP contribution in [-0.4, -0.2) is 36.6 Å². The van der Waals surface area contributed by atoms with Crippen molar-refractivity contribution in [2.75, 3.05) is 7.11 Å². The summed E-state index contributed by atoms with van der Waals surface area (Å²) in [6.07, 6.45) is 9.09. The van der Waals surface area contributed by atoms with Crippen LogP contribution in [0.2, 0.25) is 0 Å². The number of nitrogens with zero attached hydrogens (tertiary/aromatic N) is 6. The van der Waals surface area contributed by atoms with E-state index in [9.17, 15) is 4.79 Å². The Labute approximate surface area is 173 Å². The molecule has 3 heterocycles. The fourth-order valence-corrected chi connectivity index (χ4v) is 3.09. The Bertz CT molecular complexity index is 1210. The highest BCUT2D eigenvalue weighted by molar-refractivity contribution is 5.56. The van der Waals surface area contributed by atoms with Gasteiger partial charge < -0.3 is 4.74 Å². The van der Waals surface area contributed by atoms with Gasteiger partial charge in [0.05, 0.1) is 18.5 Å². The molecule has 4 rings (SSSR count). The van der Waals surface area contributed by atoms with Crippen molar-refractivity contribution >= 4 is 0 Å². The van der Waals surface area contributed by atoms with E-state index in [1.54, 1.807) is 41.3 Å². The Balaban J connectivity index is 1.60. The molecule has 0 aliphatic carbocycles. The van der Waals surface area contributed by atoms with Gasteiger partial charge in [-0.2, -0.15) is 10.2 Å². The fourth-order valence-electron chi connectivity index (χ4n) is 3.09. The molecule has 0 aliphatic rings. The Morgan fingerprint density at radius 2 is 1.93 bits per heavy atom. The van der Waals surface area contributed by atoms with E-state index in [2.05, 4.69) is 20.2 Å². The fraction of sp³-hybridized carbons (Fsp3) is 0.227. The van der Waals surface area contributed by atoms with Crippen molar-refractivity contribution in [1.29, 1.82) is 0 Å². The molecular weight excluding hydrogens is 380 g/mol. The maximum atomic E-state index is 12.4. The summed E-state index contributed by atoms with van der Waals surface area (Å²) in [7, 11) is 3.49. The van der Waals surface area contributed by atoms with E-state index in [0.29, 0.717) is 17.9 Å². The van der Waals surface area contributed by atoms with Gasteiger partial charge in [-0.1, -0.05) is 18.2 Å². The number of benzene rings is 1. The SMILES string of the molecule is COC(C)c1cnc(-c2cccc(Cc3nn(-c4cnn(C)c4)ccc3=O)c2)nc1. The Morgan fingerprint density at radius 3 is 2.63 bits per heavy atom. The second-order valence-corrected chi connectivity index (χ2v) is 7.04. The minimum Gasteiger partial charge on any atom is -0.377 e. The molecule has 8 heteroatoms. The first kappa shape index (κ1) is 19.7. The van der Waals surface area contributed by atoms with Gasteiger partial charge in [-0.05, 0) is 18.6 Å². The van der Waals surface area contributed by atoms with E-state index >= 15 is 0 Å². The number of hydrogen-bond acceptors (Lipinski definition) is 6. The van der Waals surface area contributed by atoms with Crippen molar-refractivity contribution < 1.29 is 4.74 Å². The van der Waals surface area contributed by atoms with Crippen LogP contribution in [0.3, 0.4) is 0 Å². The van der Waals surface area contributed by atoms with Gasteiger partial charge in [0.25, 0.3) is 0 Å². The molecule has 4 aromatic rings. The lowest BCUT2D eigenvalue weighted by atomic mass is 10.1. The third-order valence-corrected chi connectivity index (χ3v) is 4.89. The van der Waals surface area contributed by atoms with Crippen molar-refractivity contribution in [1.82, 2.24) is 29.5 Å². The number of rotatable bonds is 6. The average Bonchev–Trinajstić information content (AvgIpc) is 3.21. The summed E-state index contributed by atoms with van der Waals surface area (Å²) in [5, 5.41) is 8.65. The summed E-state index contributed by atoms with van der Waals surface area (Å²) in [5.41, 5.74) is 3.91. The minimum absolute atomic E-state index is 0.0588. The molecule has 0 fully saturated rings. The highest BCUT2D eigenvalue weighted by atomic mass is 16.5. The lowest BCUT2D eigenvalue weighted by Crippen LogP contribution is -2.16. The molecule has 0 radical (unpaired) electrons. The average molecular weight is 402 g/mol. The number of methoxy groups -OCH3 is 1. The van der Waals surface area contributed by atoms with Crippen LogP contribution < -0.4 is 5.43 Å². The molecule has 0 saturated carbocycles. The van der Waals surface area contributed by atoms with Crippen molar-refractivity contribution in [3.8, 4) is 17.1 Å². The Morgan fingerprint density at radius 1 is 1.13 bits per heavy atom. The zero-order chi connectivity index (χ0) is 21.1. The molecule has 0 amide bonds. The van der Waals surface area contributed by atoms with Crippen molar-refractivity contribution in [3.63, 3.8) is 0 Å². The van der Waals surface area contributed by atoms with Crippen molar-refractivity contribution in [2.45, 2.75) is 19.4 Å². The predicted octanol–water partition coefficient (Wildman–Crippen LogP) is 2.72. The van der Waals surface area contributed by atoms with Crippen LogP contribution in [-0.2, 0) is 18.2 Å². The van der Waals surface area contributed by atoms with E-state index in [-0.39, 0.29) is 11.5 Å². The monoisotopic (exact) mass is 402 g/mol. The number of ether oxygens (including phenoxy) is 1. The molecule has 8 nitrogen and oxygen atoms in total. The van der Waals surface area contributed by atoms with Gasteiger partial charge >= 0.3 is 0 Å². The largest absolute Gasteiger partial charge is 0.377 e. The van der Waals surface area contributed by atoms with E-state index in [1.165, 1.54) is 6.07 Å². The highest BCUT2D eigenvalue weighted by Crippen LogP contribution is 2.20. The highest BCUT2D eigenvalue weighted by Gasteiger charge is 2.10. The number of aryl methyl sites for hydroxylation is 1. The van der Waals surface area contributed by atoms with E-state index in [1.807, 2.05) is 44.4 Å². The molecule has 0 saturated heterocycles. The van der Waals surface area contributed by atoms with Gasteiger partial charge in [0.1, 0.15) is 11.4 Å². The van der Waals surface area contributed by atoms with Gasteiger partial charge in [0.2, 0.25) is 5.43 Å². The molecule has 1 unspecified atom stereocenters. The van der Waals surface area contributed by atoms with Gasteiger partial charge in [-0.25, -0.2) is 14.6 Å². The van der Waals surface area contributed by atoms with Crippen LogP contribution in [0.1, 0.15) is 29.8 Å². The molecule has 0 bridgehead atoms. The second-order valence-electron chi connectivity index (χ2n) is 7.04. The summed E-state index contributed by atoms with van der Waals surface area (Å²) in [6.45, 7) is 1.95. The zero-order valence-electron chi connectivity index (χ0n) is 17.1. The van der Waals surface area contributed by atoms with Crippen LogP contribution in [0.15, 0.2) is 66.1 Å². The summed E-state index contributed by atoms with van der Waals surface area (Å²) >= 11 is 0. The second kappa shape index (κ2) is 8.38. The van der Waals surface area contributed by atoms with Crippen LogP contribution in [0, 0.1) is 0 Å². The normalized spacial score (nSPS) is 12.1. The predicted molar refractivity (Wildman–Crippen MR) is 112 cm³/mol. The van der Waals surface area contributed by atoms with E-state index in [0.717, 1.165) is 22.4 Å². The third kappa shape index (κ3) is 4.18. The maximum absolute atomic E-state index is 12.4. The van der Waals surface area contributed by atoms with Gasteiger partial charge in [0.15, 0.2) is 5.82 Å². The molecule has 3 aromatic heterocycles. The Hall–Kier alpha value is -3.65. The van der Waals surface area contributed by atoms with Crippen LogP contribution in [0.25, 0.3) is 17.1 Å². The zero-order valence-corrected chi connectivity index (χ0v) is 17.1. The maximum Gasteiger partial charge on any atom is 0.203 e. The molecule has 30 heavy (non-hydrogen) atoms. The number of hydrogen-bond donors (Lipinski definition) is 0. The first-order valence-electron chi connectivity index (χ1n) is 9.55. The molecule has 0 spiro atoms. The lowest BCUT2D eigenvalue weighted by Gasteiger charge is -2.10. The van der Waals surface area contributed by atoms with Gasteiger partial charge in [0, 0.05) is 56.4 Å². The molecule has 0 N–H and O–H groups in total. The van der Waals surface area contributed by atoms with Gasteiger partial charge in [-0.15, -0.1) is 0 Å². The van der Waals surface area contributed by atoms with Crippen LogP contribution >= 0.6 is 0 Å². The van der Waals surface area contributed by atoms with E-state index in [4.69, 9.17) is 4.74 Å². The van der Waals surface area contributed by atoms with Gasteiger partial charge in [-0.3, -0.25) is 9.48 Å². The first-order chi connectivity index (χ1) is 14.5. The topological polar surface area (TPSA) is 87.7 Å². The summed E-state index contributed by atoms with van der Waals surface area (Å²) in [5.74, 6) is 0.623. The summed E-state index contributed by atoms with van der Waals surface area (Å²) < 4.78 is 8.65. The van der Waals surface area contributed by atoms with Crippen molar-refractivity contribution in [3.05, 3.63) is 88.4 Å². The smallest absolute Gasteiger partial charge is 0.203 e. The quantitative estimate of drug-likeness (QED) is 0.493. The standard InChI is InChI=1S/C22H22N6O2/c1-15(30-3)18-11-23-22(24-12-18)17-6-4-5-16(9-17)10-20-21(29)7-8-28(26-20)19-13-25-27(2)14-19/h4-9,11-15H,10H2,1-3H3. The Kier molecular flexibility index (Phi) is 5.49. The lowest BCUT2D eigenvalue weighted by molar-refractivity contribution is 0.119.